The van der Waals surface area contributed by atoms with Crippen LogP contribution in [0.2, 0.25) is 0 Å². The number of carbonyl (C=O) groups excluding carboxylic acids is 4. The molecule has 0 spiro atoms. The molecular formula is C46H51F3N6O5S. The number of alkyl halides is 3. The van der Waals surface area contributed by atoms with Gasteiger partial charge in [-0.25, -0.2) is 9.97 Å². The summed E-state index contributed by atoms with van der Waals surface area (Å²) in [5.41, 5.74) is 0.686. The first kappa shape index (κ1) is 42.7. The molecule has 3 N–H and O–H groups in total. The van der Waals surface area contributed by atoms with Crippen LogP contribution in [0.25, 0.3) is 10.2 Å². The minimum absolute atomic E-state index is 0.131. The van der Waals surface area contributed by atoms with Crippen molar-refractivity contribution in [2.45, 2.75) is 120 Å². The van der Waals surface area contributed by atoms with E-state index in [1.54, 1.807) is 38.1 Å². The molecular weight excluding hydrogens is 806 g/mol. The third-order valence-electron chi connectivity index (χ3n) is 13.0. The summed E-state index contributed by atoms with van der Waals surface area (Å²) < 4.78 is 40.6. The van der Waals surface area contributed by atoms with Crippen LogP contribution < -0.4 is 10.6 Å². The van der Waals surface area contributed by atoms with Crippen molar-refractivity contribution in [3.8, 4) is 0 Å². The molecule has 3 amide bonds. The highest BCUT2D eigenvalue weighted by atomic mass is 32.1. The molecule has 3 fully saturated rings. The van der Waals surface area contributed by atoms with Gasteiger partial charge in [0.05, 0.1) is 38.0 Å². The highest BCUT2D eigenvalue weighted by molar-refractivity contribution is 7.18. The molecule has 1 atom stereocenters. The summed E-state index contributed by atoms with van der Waals surface area (Å²) in [5.74, 6) is -0.913. The number of rotatable bonds is 10. The summed E-state index contributed by atoms with van der Waals surface area (Å²) in [5, 5.41) is 18.3. The van der Waals surface area contributed by atoms with E-state index in [4.69, 9.17) is 4.98 Å². The molecule has 3 saturated carbocycles. The largest absolute Gasteiger partial charge is 0.433 e. The first-order valence-corrected chi connectivity index (χ1v) is 22.0. The van der Waals surface area contributed by atoms with Gasteiger partial charge in [0.25, 0.3) is 17.7 Å². The van der Waals surface area contributed by atoms with Crippen LogP contribution in [0.1, 0.15) is 138 Å². The van der Waals surface area contributed by atoms with E-state index < -0.39 is 41.2 Å². The molecule has 4 aromatic rings. The number of anilines is 2. The van der Waals surface area contributed by atoms with Gasteiger partial charge in [0.2, 0.25) is 0 Å². The molecule has 0 radical (unpaired) electrons. The molecule has 4 aliphatic rings. The van der Waals surface area contributed by atoms with E-state index in [1.807, 2.05) is 6.07 Å². The normalized spacial score (nSPS) is 23.8. The standard InChI is InChI=1S/C46H51F3N6O5S/c1-25-11-20-36(37(56)21-25)55-43(58)30-7-5-8-32(40(30)44(55)59)50-28-16-18-29(19-17-28)54(4)24-26-12-14-27(15-13-26)42-53-35-22-31(45(2,3)60)34(23-38(35)61-42)52-41(57)33-9-6-10-39(51-33)46(47,48)49/h5-10,22-23,26-29,36,50,60H,1,11-21,24H2,2-4H3,(H,52,57). The Balaban J connectivity index is 0.846. The second-order valence-electron chi connectivity index (χ2n) is 17.8. The minimum atomic E-state index is -4.69. The monoisotopic (exact) mass is 856 g/mol. The van der Waals surface area contributed by atoms with Crippen molar-refractivity contribution in [1.82, 2.24) is 19.8 Å². The third-order valence-corrected chi connectivity index (χ3v) is 14.2. The number of ketones is 1. The highest BCUT2D eigenvalue weighted by Crippen LogP contribution is 2.42. The summed E-state index contributed by atoms with van der Waals surface area (Å²) in [6.07, 6.45) is 4.53. The molecule has 3 aliphatic carbocycles. The summed E-state index contributed by atoms with van der Waals surface area (Å²) in [4.78, 5) is 65.1. The van der Waals surface area contributed by atoms with Crippen molar-refractivity contribution >= 4 is 56.4 Å². The van der Waals surface area contributed by atoms with Gasteiger partial charge >= 0.3 is 6.18 Å². The van der Waals surface area contributed by atoms with Gasteiger partial charge in [-0.1, -0.05) is 24.3 Å². The molecule has 8 rings (SSSR count). The van der Waals surface area contributed by atoms with Gasteiger partial charge in [0, 0.05) is 47.9 Å². The van der Waals surface area contributed by atoms with Crippen LogP contribution in [-0.2, 0) is 16.6 Å². The smallest absolute Gasteiger partial charge is 0.386 e. The lowest BCUT2D eigenvalue weighted by molar-refractivity contribution is -0.141. The van der Waals surface area contributed by atoms with Gasteiger partial charge in [-0.15, -0.1) is 11.3 Å². The Morgan fingerprint density at radius 2 is 1.66 bits per heavy atom. The number of aromatic nitrogens is 2. The van der Waals surface area contributed by atoms with Gasteiger partial charge in [-0.05, 0) is 127 Å². The third kappa shape index (κ3) is 8.87. The topological polar surface area (TPSA) is 145 Å². The molecule has 3 heterocycles. The molecule has 1 unspecified atom stereocenters. The van der Waals surface area contributed by atoms with Gasteiger partial charge in [0.15, 0.2) is 5.78 Å². The average molecular weight is 857 g/mol. The van der Waals surface area contributed by atoms with Crippen LogP contribution in [-0.4, -0.2) is 80.1 Å². The average Bonchev–Trinajstić information content (AvgIpc) is 3.75. The Labute approximate surface area is 356 Å². The number of halogens is 3. The molecule has 0 bridgehead atoms. The lowest BCUT2D eigenvalue weighted by Gasteiger charge is -2.38. The van der Waals surface area contributed by atoms with Gasteiger partial charge in [-0.2, -0.15) is 13.2 Å². The van der Waals surface area contributed by atoms with E-state index in [9.17, 15) is 37.5 Å². The molecule has 2 aromatic carbocycles. The first-order chi connectivity index (χ1) is 28.9. The maximum atomic E-state index is 13.7. The number of pyridine rings is 1. The fourth-order valence-electron chi connectivity index (χ4n) is 9.64. The Bertz CT molecular complexity index is 2390. The van der Waals surface area contributed by atoms with Crippen molar-refractivity contribution in [2.24, 2.45) is 5.92 Å². The number of amides is 3. The summed E-state index contributed by atoms with van der Waals surface area (Å²) in [7, 11) is 2.21. The Morgan fingerprint density at radius 1 is 0.934 bits per heavy atom. The number of nitrogens with zero attached hydrogens (tertiary/aromatic N) is 4. The van der Waals surface area contributed by atoms with E-state index in [-0.39, 0.29) is 29.9 Å². The van der Waals surface area contributed by atoms with E-state index in [0.29, 0.717) is 58.4 Å². The SMILES string of the molecule is C=C1CCC(N2C(=O)c3cccc(NC4CCC(N(C)CC5CCC(c6nc7cc(C(C)(C)O)c(NC(=O)c8cccc(C(F)(F)F)n8)cc7s6)CC5)CC4)c3C2=O)C(=O)C1. The van der Waals surface area contributed by atoms with Crippen molar-refractivity contribution < 1.29 is 37.5 Å². The van der Waals surface area contributed by atoms with E-state index in [1.165, 1.54) is 22.3 Å². The van der Waals surface area contributed by atoms with Crippen LogP contribution in [0.3, 0.4) is 0 Å². The van der Waals surface area contributed by atoms with Gasteiger partial charge in [-0.3, -0.25) is 24.1 Å². The van der Waals surface area contributed by atoms with E-state index in [2.05, 4.69) is 34.1 Å². The second-order valence-corrected chi connectivity index (χ2v) is 18.9. The van der Waals surface area contributed by atoms with Crippen LogP contribution in [0.4, 0.5) is 24.5 Å². The molecule has 15 heteroatoms. The predicted molar refractivity (Wildman–Crippen MR) is 228 cm³/mol. The maximum Gasteiger partial charge on any atom is 0.433 e. The van der Waals surface area contributed by atoms with Crippen molar-refractivity contribution in [1.29, 1.82) is 0 Å². The van der Waals surface area contributed by atoms with Crippen LogP contribution in [0.5, 0.6) is 0 Å². The number of thiazole rings is 1. The van der Waals surface area contributed by atoms with E-state index in [0.717, 1.165) is 85.3 Å². The predicted octanol–water partition coefficient (Wildman–Crippen LogP) is 9.09. The van der Waals surface area contributed by atoms with Crippen molar-refractivity contribution in [3.63, 3.8) is 0 Å². The Hall–Kier alpha value is -4.99. The Kier molecular flexibility index (Phi) is 11.7. The molecule has 61 heavy (non-hydrogen) atoms. The number of fused-ring (bicyclic) bond motifs is 2. The van der Waals surface area contributed by atoms with Crippen molar-refractivity contribution in [3.05, 3.63) is 93.8 Å². The fraction of sp³-hybridized carbons (Fsp3) is 0.478. The second kappa shape index (κ2) is 16.7. The fourth-order valence-corrected chi connectivity index (χ4v) is 10.8. The van der Waals surface area contributed by atoms with Crippen molar-refractivity contribution in [2.75, 3.05) is 24.2 Å². The minimum Gasteiger partial charge on any atom is -0.386 e. The number of aliphatic hydroxyl groups is 1. The van der Waals surface area contributed by atoms with Gasteiger partial charge < -0.3 is 20.6 Å². The lowest BCUT2D eigenvalue weighted by Crippen LogP contribution is -2.46. The van der Waals surface area contributed by atoms with Crippen LogP contribution >= 0.6 is 11.3 Å². The zero-order chi connectivity index (χ0) is 43.4. The number of allylic oxidation sites excluding steroid dienone is 1. The number of benzene rings is 2. The number of carbonyl (C=O) groups is 4. The number of Topliss-reactive ketones (excluding diaryl/α,β-unsaturated/α-hetero) is 1. The number of nitrogens with one attached hydrogen (secondary N) is 2. The zero-order valence-corrected chi connectivity index (χ0v) is 35.4. The number of imide groups is 1. The van der Waals surface area contributed by atoms with Crippen LogP contribution in [0, 0.1) is 5.92 Å². The summed E-state index contributed by atoms with van der Waals surface area (Å²) in [6, 6.07) is 11.8. The summed E-state index contributed by atoms with van der Waals surface area (Å²) in [6.45, 7) is 8.08. The van der Waals surface area contributed by atoms with Gasteiger partial charge in [0.1, 0.15) is 11.4 Å². The maximum absolute atomic E-state index is 13.7. The summed E-state index contributed by atoms with van der Waals surface area (Å²) >= 11 is 1.54. The number of hydrogen-bond acceptors (Lipinski definition) is 10. The van der Waals surface area contributed by atoms with Crippen LogP contribution in [0.15, 0.2) is 60.7 Å². The van der Waals surface area contributed by atoms with E-state index >= 15 is 0 Å². The quantitative estimate of drug-likeness (QED) is 0.105. The Morgan fingerprint density at radius 3 is 2.34 bits per heavy atom. The first-order valence-electron chi connectivity index (χ1n) is 21.1. The molecule has 0 saturated heterocycles. The highest BCUT2D eigenvalue weighted by Gasteiger charge is 2.45. The number of hydrogen-bond donors (Lipinski definition) is 3. The molecule has 1 aliphatic heterocycles. The molecule has 2 aromatic heterocycles. The lowest BCUT2D eigenvalue weighted by atomic mass is 9.81. The molecule has 322 valence electrons. The molecule has 11 nitrogen and oxygen atoms in total. The zero-order valence-electron chi connectivity index (χ0n) is 34.6.